The zero-order valence-electron chi connectivity index (χ0n) is 14.7. The fraction of sp³-hybridized carbons (Fsp3) is 0.333. The third-order valence-electron chi connectivity index (χ3n) is 4.54. The summed E-state index contributed by atoms with van der Waals surface area (Å²) in [5, 5.41) is 7.88. The molecule has 1 aromatic carbocycles. The number of halogens is 1. The van der Waals surface area contributed by atoms with Crippen LogP contribution in [0.25, 0.3) is 4.96 Å². The zero-order chi connectivity index (χ0) is 19.0. The lowest BCUT2D eigenvalue weighted by Gasteiger charge is -2.22. The molecule has 1 saturated heterocycles. The first-order valence-electron chi connectivity index (χ1n) is 8.67. The van der Waals surface area contributed by atoms with E-state index in [1.165, 1.54) is 34.1 Å². The second-order valence-electron chi connectivity index (χ2n) is 6.51. The summed E-state index contributed by atoms with van der Waals surface area (Å²) in [5.74, 6) is -0.408. The molecule has 7 nitrogen and oxygen atoms in total. The average Bonchev–Trinajstić information content (AvgIpc) is 3.27. The molecule has 1 amide bonds. The fourth-order valence-electron chi connectivity index (χ4n) is 3.20. The maximum Gasteiger partial charge on any atom is 0.275 e. The van der Waals surface area contributed by atoms with Gasteiger partial charge in [0.1, 0.15) is 11.9 Å². The fourth-order valence-corrected chi connectivity index (χ4v) is 4.23. The number of carbonyl (C=O) groups is 1. The highest BCUT2D eigenvalue weighted by atomic mass is 32.1. The smallest absolute Gasteiger partial charge is 0.275 e. The molecule has 0 aliphatic carbocycles. The van der Waals surface area contributed by atoms with E-state index in [2.05, 4.69) is 15.4 Å². The van der Waals surface area contributed by atoms with Gasteiger partial charge in [-0.2, -0.15) is 4.52 Å². The maximum absolute atomic E-state index is 13.0. The zero-order valence-corrected chi connectivity index (χ0v) is 15.5. The number of aromatic nitrogens is 3. The van der Waals surface area contributed by atoms with E-state index >= 15 is 0 Å². The molecule has 1 N–H and O–H groups in total. The summed E-state index contributed by atoms with van der Waals surface area (Å²) in [6, 6.07) is 7.14. The van der Waals surface area contributed by atoms with Gasteiger partial charge in [-0.05, 0) is 37.5 Å². The van der Waals surface area contributed by atoms with E-state index in [1.54, 1.807) is 19.1 Å². The summed E-state index contributed by atoms with van der Waals surface area (Å²) in [6.45, 7) is 2.80. The van der Waals surface area contributed by atoms with Crippen molar-refractivity contribution in [3.63, 3.8) is 0 Å². The molecular formula is C18H18FN5O2S. The Bertz CT molecular complexity index is 1050. The van der Waals surface area contributed by atoms with Crippen molar-refractivity contribution in [1.29, 1.82) is 0 Å². The molecule has 2 aromatic heterocycles. The second-order valence-corrected chi connectivity index (χ2v) is 7.44. The van der Waals surface area contributed by atoms with Crippen molar-refractivity contribution >= 4 is 27.3 Å². The van der Waals surface area contributed by atoms with Crippen LogP contribution in [-0.2, 0) is 11.3 Å². The first kappa shape index (κ1) is 17.6. The predicted octanol–water partition coefficient (Wildman–Crippen LogP) is 1.88. The van der Waals surface area contributed by atoms with Gasteiger partial charge in [-0.25, -0.2) is 9.37 Å². The molecule has 0 radical (unpaired) electrons. The number of fused-ring (bicyclic) bond motifs is 1. The van der Waals surface area contributed by atoms with E-state index in [0.29, 0.717) is 35.3 Å². The minimum Gasteiger partial charge on any atom is -0.350 e. The van der Waals surface area contributed by atoms with E-state index in [9.17, 15) is 14.0 Å². The maximum atomic E-state index is 13.0. The van der Waals surface area contributed by atoms with E-state index in [1.807, 2.05) is 4.90 Å². The molecule has 0 saturated carbocycles. The van der Waals surface area contributed by atoms with Gasteiger partial charge in [-0.1, -0.05) is 23.5 Å². The van der Waals surface area contributed by atoms with Crippen LogP contribution in [0.4, 0.5) is 9.52 Å². The molecule has 0 spiro atoms. The first-order valence-corrected chi connectivity index (χ1v) is 9.49. The van der Waals surface area contributed by atoms with Gasteiger partial charge in [0, 0.05) is 24.8 Å². The third kappa shape index (κ3) is 3.55. The van der Waals surface area contributed by atoms with Crippen molar-refractivity contribution in [3.8, 4) is 0 Å². The molecule has 3 heterocycles. The van der Waals surface area contributed by atoms with Crippen LogP contribution in [-0.4, -0.2) is 33.1 Å². The quantitative estimate of drug-likeness (QED) is 0.740. The van der Waals surface area contributed by atoms with Gasteiger partial charge in [0.15, 0.2) is 0 Å². The summed E-state index contributed by atoms with van der Waals surface area (Å²) in [4.78, 5) is 31.5. The Morgan fingerprint density at radius 2 is 2.15 bits per heavy atom. The molecule has 1 aliphatic heterocycles. The highest BCUT2D eigenvalue weighted by Gasteiger charge is 2.33. The minimum absolute atomic E-state index is 0.104. The second kappa shape index (κ2) is 7.07. The van der Waals surface area contributed by atoms with Crippen molar-refractivity contribution in [2.24, 2.45) is 0 Å². The average molecular weight is 387 g/mol. The largest absolute Gasteiger partial charge is 0.350 e. The van der Waals surface area contributed by atoms with Gasteiger partial charge in [-0.3, -0.25) is 9.59 Å². The van der Waals surface area contributed by atoms with Crippen LogP contribution in [0.15, 0.2) is 35.1 Å². The van der Waals surface area contributed by atoms with Crippen LogP contribution in [0.2, 0.25) is 0 Å². The normalized spacial score (nSPS) is 16.8. The molecule has 4 rings (SSSR count). The van der Waals surface area contributed by atoms with Gasteiger partial charge in [0.05, 0.1) is 0 Å². The van der Waals surface area contributed by atoms with Gasteiger partial charge in [0.2, 0.25) is 16.0 Å². The number of carbonyl (C=O) groups excluding carboxylic acids is 1. The molecule has 27 heavy (non-hydrogen) atoms. The van der Waals surface area contributed by atoms with Crippen LogP contribution in [0.3, 0.4) is 0 Å². The van der Waals surface area contributed by atoms with E-state index < -0.39 is 0 Å². The van der Waals surface area contributed by atoms with Crippen molar-refractivity contribution in [2.45, 2.75) is 32.4 Å². The monoisotopic (exact) mass is 387 g/mol. The van der Waals surface area contributed by atoms with E-state index in [4.69, 9.17) is 0 Å². The summed E-state index contributed by atoms with van der Waals surface area (Å²) < 4.78 is 14.3. The lowest BCUT2D eigenvalue weighted by molar-refractivity contribution is -0.122. The Morgan fingerprint density at radius 3 is 2.93 bits per heavy atom. The van der Waals surface area contributed by atoms with E-state index in [0.717, 1.165) is 12.0 Å². The molecule has 3 aromatic rings. The van der Waals surface area contributed by atoms with Crippen LogP contribution < -0.4 is 15.8 Å². The SMILES string of the molecule is Cc1cc(=O)n2nc(N3CCCC3C(=O)NCc3ccc(F)cc3)sc2n1. The summed E-state index contributed by atoms with van der Waals surface area (Å²) >= 11 is 1.31. The van der Waals surface area contributed by atoms with Crippen molar-refractivity contribution in [3.05, 3.63) is 57.8 Å². The molecule has 1 fully saturated rings. The number of aryl methyl sites for hydroxylation is 1. The van der Waals surface area contributed by atoms with Gasteiger partial charge in [0.25, 0.3) is 5.56 Å². The summed E-state index contributed by atoms with van der Waals surface area (Å²) in [5.41, 5.74) is 1.25. The van der Waals surface area contributed by atoms with Crippen LogP contribution in [0.5, 0.6) is 0 Å². The number of anilines is 1. The standard InChI is InChI=1S/C18H18FN5O2S/c1-11-9-15(25)24-17(21-11)27-18(22-24)23-8-2-3-14(23)16(26)20-10-12-4-6-13(19)7-5-12/h4-7,9,14H,2-3,8,10H2,1H3,(H,20,26). The van der Waals surface area contributed by atoms with Crippen LogP contribution in [0, 0.1) is 12.7 Å². The molecule has 1 unspecified atom stereocenters. The van der Waals surface area contributed by atoms with Gasteiger partial charge >= 0.3 is 0 Å². The number of hydrogen-bond acceptors (Lipinski definition) is 6. The number of rotatable bonds is 4. The highest BCUT2D eigenvalue weighted by molar-refractivity contribution is 7.20. The molecule has 9 heteroatoms. The Labute approximate surface area is 158 Å². The van der Waals surface area contributed by atoms with Crippen molar-refractivity contribution in [1.82, 2.24) is 19.9 Å². The predicted molar refractivity (Wildman–Crippen MR) is 100 cm³/mol. The van der Waals surface area contributed by atoms with Crippen molar-refractivity contribution in [2.75, 3.05) is 11.4 Å². The lowest BCUT2D eigenvalue weighted by atomic mass is 10.2. The van der Waals surface area contributed by atoms with Crippen LogP contribution >= 0.6 is 11.3 Å². The van der Waals surface area contributed by atoms with E-state index in [-0.39, 0.29) is 23.3 Å². The third-order valence-corrected chi connectivity index (χ3v) is 5.49. The first-order chi connectivity index (χ1) is 13.0. The van der Waals surface area contributed by atoms with Gasteiger partial charge < -0.3 is 10.2 Å². The number of nitrogens with zero attached hydrogens (tertiary/aromatic N) is 4. The Hall–Kier alpha value is -2.81. The van der Waals surface area contributed by atoms with Crippen molar-refractivity contribution < 1.29 is 9.18 Å². The molecule has 1 atom stereocenters. The minimum atomic E-state index is -0.345. The number of benzene rings is 1. The Kier molecular flexibility index (Phi) is 4.61. The number of amides is 1. The molecule has 140 valence electrons. The number of nitrogens with one attached hydrogen (secondary N) is 1. The Morgan fingerprint density at radius 1 is 1.37 bits per heavy atom. The molecule has 0 bridgehead atoms. The molecular weight excluding hydrogens is 369 g/mol. The Balaban J connectivity index is 1.51. The molecule has 1 aliphatic rings. The van der Waals surface area contributed by atoms with Gasteiger partial charge in [-0.15, -0.1) is 5.10 Å². The number of hydrogen-bond donors (Lipinski definition) is 1. The summed E-state index contributed by atoms with van der Waals surface area (Å²) in [6.07, 6.45) is 1.58. The summed E-state index contributed by atoms with van der Waals surface area (Å²) in [7, 11) is 0. The van der Waals surface area contributed by atoms with Crippen LogP contribution in [0.1, 0.15) is 24.1 Å². The highest BCUT2D eigenvalue weighted by Crippen LogP contribution is 2.29. The lowest BCUT2D eigenvalue weighted by Crippen LogP contribution is -2.43. The topological polar surface area (TPSA) is 79.6 Å².